The van der Waals surface area contributed by atoms with E-state index in [1.54, 1.807) is 36.3 Å². The molecule has 36 heavy (non-hydrogen) atoms. The van der Waals surface area contributed by atoms with Gasteiger partial charge in [-0.25, -0.2) is 9.37 Å². The zero-order valence-electron chi connectivity index (χ0n) is 20.1. The van der Waals surface area contributed by atoms with Crippen molar-refractivity contribution in [3.8, 4) is 17.1 Å². The maximum atomic E-state index is 14.3. The van der Waals surface area contributed by atoms with Gasteiger partial charge in [0, 0.05) is 19.2 Å². The number of halogens is 1. The van der Waals surface area contributed by atoms with E-state index in [-0.39, 0.29) is 18.4 Å². The maximum absolute atomic E-state index is 14.3. The van der Waals surface area contributed by atoms with Gasteiger partial charge in [0.25, 0.3) is 0 Å². The minimum Gasteiger partial charge on any atom is -0.486 e. The van der Waals surface area contributed by atoms with Gasteiger partial charge in [-0.2, -0.15) is 5.21 Å². The minimum absolute atomic E-state index is 0.000750. The van der Waals surface area contributed by atoms with Crippen molar-refractivity contribution < 1.29 is 22.8 Å². The van der Waals surface area contributed by atoms with Gasteiger partial charge in [-0.15, -0.1) is 10.2 Å². The largest absolute Gasteiger partial charge is 0.486 e. The number of aromatic amines is 1. The summed E-state index contributed by atoms with van der Waals surface area (Å²) >= 11 is 0. The molecule has 4 heterocycles. The molecular formula is C25H25FN6O4. The van der Waals surface area contributed by atoms with Crippen LogP contribution in [-0.4, -0.2) is 43.0 Å². The number of furan rings is 1. The van der Waals surface area contributed by atoms with Crippen molar-refractivity contribution >= 4 is 12.0 Å². The number of carbonyl (C=O) groups excluding carboxylic acids is 1. The summed E-state index contributed by atoms with van der Waals surface area (Å²) in [6.45, 7) is 5.54. The Morgan fingerprint density at radius 3 is 2.89 bits per heavy atom. The molecule has 0 spiro atoms. The maximum Gasteiger partial charge on any atom is 0.246 e. The Labute approximate surface area is 206 Å². The van der Waals surface area contributed by atoms with E-state index < -0.39 is 5.67 Å². The molecule has 0 aliphatic carbocycles. The number of H-pyrrole nitrogens is 1. The SMILES string of the molecule is Cc1oc(C(C)(C)F)nc1COc1cc2c(cc1-c1nn[nH]n1)CCN(C(=O)/C=C/c1ccco1)C2. The number of tetrazole rings is 1. The van der Waals surface area contributed by atoms with Crippen LogP contribution in [0.1, 0.15) is 48.1 Å². The van der Waals surface area contributed by atoms with E-state index in [2.05, 4.69) is 25.6 Å². The van der Waals surface area contributed by atoms with Crippen molar-refractivity contribution in [3.05, 3.63) is 70.8 Å². The van der Waals surface area contributed by atoms with E-state index in [4.69, 9.17) is 13.6 Å². The van der Waals surface area contributed by atoms with Crippen LogP contribution in [0, 0.1) is 6.92 Å². The van der Waals surface area contributed by atoms with Crippen molar-refractivity contribution in [3.63, 3.8) is 0 Å². The number of oxazole rings is 1. The van der Waals surface area contributed by atoms with Gasteiger partial charge in [0.15, 0.2) is 5.67 Å². The van der Waals surface area contributed by atoms with E-state index in [1.807, 2.05) is 12.1 Å². The first-order valence-corrected chi connectivity index (χ1v) is 11.5. The van der Waals surface area contributed by atoms with E-state index in [0.717, 1.165) is 11.1 Å². The fraction of sp³-hybridized carbons (Fsp3) is 0.320. The lowest BCUT2D eigenvalue weighted by atomic mass is 9.96. The summed E-state index contributed by atoms with van der Waals surface area (Å²) in [4.78, 5) is 18.8. The summed E-state index contributed by atoms with van der Waals surface area (Å²) < 4.78 is 31.1. The van der Waals surface area contributed by atoms with Crippen LogP contribution in [0.3, 0.4) is 0 Å². The number of amides is 1. The fourth-order valence-corrected chi connectivity index (χ4v) is 3.95. The van der Waals surface area contributed by atoms with Crippen LogP contribution in [-0.2, 0) is 30.0 Å². The summed E-state index contributed by atoms with van der Waals surface area (Å²) in [5.41, 5.74) is 1.47. The lowest BCUT2D eigenvalue weighted by Gasteiger charge is -2.29. The second-order valence-corrected chi connectivity index (χ2v) is 8.99. The number of hydrogen-bond acceptors (Lipinski definition) is 8. The molecule has 0 bridgehead atoms. The molecule has 1 amide bonds. The van der Waals surface area contributed by atoms with Crippen molar-refractivity contribution in [2.45, 2.75) is 46.0 Å². The van der Waals surface area contributed by atoms with E-state index in [9.17, 15) is 9.18 Å². The molecule has 1 aliphatic heterocycles. The number of ether oxygens (including phenoxy) is 1. The summed E-state index contributed by atoms with van der Waals surface area (Å²) in [6.07, 6.45) is 5.38. The standard InChI is InChI=1S/C25H25FN6O4/c1-15-20(27-24(36-15)25(2,3)26)14-35-21-12-17-13-32(22(33)7-6-18-5-4-10-34-18)9-8-16(17)11-19(21)23-28-30-31-29-23/h4-7,10-12H,8-9,13-14H2,1-3H3,(H,28,29,30,31)/b7-6+. The molecule has 10 nitrogen and oxygen atoms in total. The highest BCUT2D eigenvalue weighted by molar-refractivity contribution is 5.91. The minimum atomic E-state index is -1.70. The Kier molecular flexibility index (Phi) is 6.13. The number of alkyl halides is 1. The molecule has 0 saturated carbocycles. The summed E-state index contributed by atoms with van der Waals surface area (Å²) in [7, 11) is 0. The van der Waals surface area contributed by atoms with Crippen LogP contribution in [0.4, 0.5) is 4.39 Å². The summed E-state index contributed by atoms with van der Waals surface area (Å²) in [5, 5.41) is 14.3. The fourth-order valence-electron chi connectivity index (χ4n) is 3.95. The molecule has 3 aromatic heterocycles. The van der Waals surface area contributed by atoms with E-state index >= 15 is 0 Å². The lowest BCUT2D eigenvalue weighted by Crippen LogP contribution is -2.34. The third-order valence-corrected chi connectivity index (χ3v) is 5.91. The molecule has 0 fully saturated rings. The Bertz CT molecular complexity index is 1390. The van der Waals surface area contributed by atoms with Crippen molar-refractivity contribution in [1.29, 1.82) is 0 Å². The first kappa shape index (κ1) is 23.5. The summed E-state index contributed by atoms with van der Waals surface area (Å²) in [5.74, 6) is 1.87. The Morgan fingerprint density at radius 1 is 1.33 bits per heavy atom. The van der Waals surface area contributed by atoms with Crippen LogP contribution >= 0.6 is 0 Å². The monoisotopic (exact) mass is 492 g/mol. The van der Waals surface area contributed by atoms with Crippen molar-refractivity contribution in [1.82, 2.24) is 30.5 Å². The number of rotatable bonds is 7. The van der Waals surface area contributed by atoms with Gasteiger partial charge in [0.1, 0.15) is 29.6 Å². The van der Waals surface area contributed by atoms with Crippen LogP contribution in [0.25, 0.3) is 17.5 Å². The average molecular weight is 493 g/mol. The molecule has 0 atom stereocenters. The first-order chi connectivity index (χ1) is 17.3. The molecule has 4 aromatic rings. The van der Waals surface area contributed by atoms with Crippen molar-refractivity contribution in [2.75, 3.05) is 6.54 Å². The quantitative estimate of drug-likeness (QED) is 0.382. The predicted molar refractivity (Wildman–Crippen MR) is 126 cm³/mol. The second kappa shape index (κ2) is 9.40. The van der Waals surface area contributed by atoms with Crippen LogP contribution in [0.15, 0.2) is 45.4 Å². The normalized spacial score (nSPS) is 13.8. The molecule has 0 unspecified atom stereocenters. The average Bonchev–Trinajstić information content (AvgIpc) is 3.62. The van der Waals surface area contributed by atoms with Gasteiger partial charge < -0.3 is 18.5 Å². The smallest absolute Gasteiger partial charge is 0.246 e. The number of nitrogens with one attached hydrogen (secondary N) is 1. The Balaban J connectivity index is 1.39. The lowest BCUT2D eigenvalue weighted by molar-refractivity contribution is -0.126. The second-order valence-electron chi connectivity index (χ2n) is 8.99. The molecule has 1 aromatic carbocycles. The van der Waals surface area contributed by atoms with E-state index in [1.165, 1.54) is 19.9 Å². The number of nitrogens with zero attached hydrogens (tertiary/aromatic N) is 5. The van der Waals surface area contributed by atoms with Crippen LogP contribution < -0.4 is 4.74 Å². The first-order valence-electron chi connectivity index (χ1n) is 11.5. The van der Waals surface area contributed by atoms with Gasteiger partial charge in [-0.1, -0.05) is 0 Å². The number of benzene rings is 1. The number of aromatic nitrogens is 5. The number of aryl methyl sites for hydroxylation is 1. The molecule has 186 valence electrons. The molecule has 0 saturated heterocycles. The Morgan fingerprint density at radius 2 is 2.19 bits per heavy atom. The zero-order valence-corrected chi connectivity index (χ0v) is 20.1. The van der Waals surface area contributed by atoms with Crippen LogP contribution in [0.5, 0.6) is 5.75 Å². The molecule has 5 rings (SSSR count). The number of hydrogen-bond donors (Lipinski definition) is 1. The van der Waals surface area contributed by atoms with Gasteiger partial charge in [0.2, 0.25) is 17.6 Å². The van der Waals surface area contributed by atoms with Gasteiger partial charge in [-0.05, 0) is 73.9 Å². The molecule has 1 N–H and O–H groups in total. The predicted octanol–water partition coefficient (Wildman–Crippen LogP) is 4.14. The van der Waals surface area contributed by atoms with Gasteiger partial charge in [0.05, 0.1) is 11.8 Å². The molecule has 11 heteroatoms. The van der Waals surface area contributed by atoms with Gasteiger partial charge in [-0.3, -0.25) is 4.79 Å². The van der Waals surface area contributed by atoms with Crippen LogP contribution in [0.2, 0.25) is 0 Å². The third kappa shape index (κ3) is 4.90. The topological polar surface area (TPSA) is 123 Å². The Hall–Kier alpha value is -4.28. The molecule has 0 radical (unpaired) electrons. The highest BCUT2D eigenvalue weighted by Gasteiger charge is 2.28. The number of fused-ring (bicyclic) bond motifs is 1. The van der Waals surface area contributed by atoms with E-state index in [0.29, 0.717) is 53.9 Å². The zero-order chi connectivity index (χ0) is 25.3. The highest BCUT2D eigenvalue weighted by atomic mass is 19.1. The molecule has 1 aliphatic rings. The molecular weight excluding hydrogens is 467 g/mol. The third-order valence-electron chi connectivity index (χ3n) is 5.91. The number of carbonyl (C=O) groups is 1. The van der Waals surface area contributed by atoms with Crippen molar-refractivity contribution in [2.24, 2.45) is 0 Å². The highest BCUT2D eigenvalue weighted by Crippen LogP contribution is 2.34. The van der Waals surface area contributed by atoms with Gasteiger partial charge >= 0.3 is 0 Å². The summed E-state index contributed by atoms with van der Waals surface area (Å²) in [6, 6.07) is 7.39.